The second-order valence-corrected chi connectivity index (χ2v) is 8.02. The summed E-state index contributed by atoms with van der Waals surface area (Å²) in [6.07, 6.45) is 2.28. The third kappa shape index (κ3) is 3.50. The van der Waals surface area contributed by atoms with Crippen LogP contribution in [0.25, 0.3) is 16.7 Å². The van der Waals surface area contributed by atoms with Gasteiger partial charge in [0, 0.05) is 5.92 Å². The summed E-state index contributed by atoms with van der Waals surface area (Å²) in [6.45, 7) is 0. The molecule has 0 unspecified atom stereocenters. The Hall–Kier alpha value is -2.78. The van der Waals surface area contributed by atoms with E-state index >= 15 is 0 Å². The molecule has 9 heteroatoms. The fourth-order valence-electron chi connectivity index (χ4n) is 2.95. The van der Waals surface area contributed by atoms with Crippen LogP contribution in [-0.2, 0) is 4.79 Å². The molecule has 5 rings (SSSR count). The van der Waals surface area contributed by atoms with Gasteiger partial charge >= 0.3 is 0 Å². The van der Waals surface area contributed by atoms with Crippen molar-refractivity contribution in [2.45, 2.75) is 23.9 Å². The van der Waals surface area contributed by atoms with Crippen LogP contribution in [0.5, 0.6) is 0 Å². The number of fused-ring (bicyclic) bond motifs is 1. The van der Waals surface area contributed by atoms with Gasteiger partial charge in [0.05, 0.1) is 28.9 Å². The predicted molar refractivity (Wildman–Crippen MR) is 110 cm³/mol. The number of rotatable bonds is 6. The van der Waals surface area contributed by atoms with Crippen LogP contribution in [0.1, 0.15) is 24.6 Å². The highest BCUT2D eigenvalue weighted by molar-refractivity contribution is 7.99. The number of carbonyl (C=O) groups is 1. The van der Waals surface area contributed by atoms with Crippen LogP contribution in [0.15, 0.2) is 53.7 Å². The van der Waals surface area contributed by atoms with Crippen molar-refractivity contribution >= 4 is 46.1 Å². The zero-order valence-electron chi connectivity index (χ0n) is 14.8. The number of benzene rings is 2. The lowest BCUT2D eigenvalue weighted by molar-refractivity contribution is -0.113. The van der Waals surface area contributed by atoms with Gasteiger partial charge in [-0.15, -0.1) is 5.10 Å². The van der Waals surface area contributed by atoms with Crippen LogP contribution < -0.4 is 5.32 Å². The summed E-state index contributed by atoms with van der Waals surface area (Å²) in [5, 5.41) is 8.16. The van der Waals surface area contributed by atoms with Gasteiger partial charge in [-0.2, -0.15) is 8.75 Å². The first-order valence-electron chi connectivity index (χ1n) is 8.94. The quantitative estimate of drug-likeness (QED) is 0.487. The van der Waals surface area contributed by atoms with Crippen molar-refractivity contribution in [2.75, 3.05) is 11.1 Å². The first-order chi connectivity index (χ1) is 13.8. The fraction of sp³-hybridized carbons (Fsp3) is 0.211. The standard InChI is InChI=1S/C19H16N6OS2/c26-16(20-14-7-4-8-15-17(14)24-28-23-15)11-27-19-21-18(12-9-10-12)25(22-19)13-5-2-1-3-6-13/h1-8,12H,9-11H2,(H,20,26). The summed E-state index contributed by atoms with van der Waals surface area (Å²) < 4.78 is 10.3. The maximum atomic E-state index is 12.4. The Morgan fingerprint density at radius 1 is 1.14 bits per heavy atom. The second kappa shape index (κ2) is 7.33. The number of hydrogen-bond acceptors (Lipinski definition) is 7. The van der Waals surface area contributed by atoms with Crippen molar-refractivity contribution in [3.8, 4) is 5.69 Å². The van der Waals surface area contributed by atoms with Crippen molar-refractivity contribution in [1.82, 2.24) is 23.5 Å². The number of nitrogens with zero attached hydrogens (tertiary/aromatic N) is 5. The van der Waals surface area contributed by atoms with Crippen molar-refractivity contribution in [1.29, 1.82) is 0 Å². The Labute approximate surface area is 169 Å². The van der Waals surface area contributed by atoms with E-state index in [1.54, 1.807) is 0 Å². The number of para-hydroxylation sites is 1. The number of thioether (sulfide) groups is 1. The van der Waals surface area contributed by atoms with E-state index in [1.807, 2.05) is 53.2 Å². The zero-order chi connectivity index (χ0) is 18.9. The van der Waals surface area contributed by atoms with Gasteiger partial charge < -0.3 is 5.32 Å². The average Bonchev–Trinajstić information content (AvgIpc) is 3.29. The van der Waals surface area contributed by atoms with E-state index in [4.69, 9.17) is 0 Å². The highest BCUT2D eigenvalue weighted by Gasteiger charge is 2.30. The third-order valence-electron chi connectivity index (χ3n) is 4.45. The predicted octanol–water partition coefficient (Wildman–Crippen LogP) is 3.88. The molecule has 28 heavy (non-hydrogen) atoms. The highest BCUT2D eigenvalue weighted by atomic mass is 32.2. The Morgan fingerprint density at radius 2 is 2.00 bits per heavy atom. The molecule has 0 atom stereocenters. The van der Waals surface area contributed by atoms with Gasteiger partial charge in [-0.3, -0.25) is 4.79 Å². The minimum atomic E-state index is -0.116. The molecule has 1 aliphatic carbocycles. The molecule has 4 aromatic rings. The molecule has 2 aromatic heterocycles. The van der Waals surface area contributed by atoms with Crippen LogP contribution in [-0.4, -0.2) is 35.2 Å². The lowest BCUT2D eigenvalue weighted by atomic mass is 10.2. The van der Waals surface area contributed by atoms with E-state index in [2.05, 4.69) is 24.1 Å². The lowest BCUT2D eigenvalue weighted by Gasteiger charge is -2.04. The summed E-state index contributed by atoms with van der Waals surface area (Å²) in [5.41, 5.74) is 3.18. The largest absolute Gasteiger partial charge is 0.323 e. The Bertz CT molecular complexity index is 1140. The van der Waals surface area contributed by atoms with Crippen molar-refractivity contribution in [2.24, 2.45) is 0 Å². The number of aromatic nitrogens is 5. The number of nitrogens with one attached hydrogen (secondary N) is 1. The number of anilines is 1. The van der Waals surface area contributed by atoms with Crippen LogP contribution in [0.4, 0.5) is 5.69 Å². The van der Waals surface area contributed by atoms with Crippen LogP contribution >= 0.6 is 23.5 Å². The van der Waals surface area contributed by atoms with E-state index in [1.165, 1.54) is 11.8 Å². The summed E-state index contributed by atoms with van der Waals surface area (Å²) in [7, 11) is 0. The molecule has 0 saturated heterocycles. The number of hydrogen-bond donors (Lipinski definition) is 1. The molecular formula is C19H16N6OS2. The summed E-state index contributed by atoms with van der Waals surface area (Å²) in [5.74, 6) is 1.56. The molecule has 2 aromatic carbocycles. The normalized spacial score (nSPS) is 13.7. The van der Waals surface area contributed by atoms with E-state index in [-0.39, 0.29) is 11.7 Å². The van der Waals surface area contributed by atoms with Crippen LogP contribution in [0, 0.1) is 0 Å². The molecule has 1 N–H and O–H groups in total. The fourth-order valence-corrected chi connectivity index (χ4v) is 4.13. The van der Waals surface area contributed by atoms with Gasteiger partial charge in [-0.1, -0.05) is 36.0 Å². The van der Waals surface area contributed by atoms with Crippen molar-refractivity contribution in [3.05, 3.63) is 54.4 Å². The van der Waals surface area contributed by atoms with E-state index < -0.39 is 0 Å². The average molecular weight is 409 g/mol. The Kier molecular flexibility index (Phi) is 4.53. The molecule has 140 valence electrons. The third-order valence-corrected chi connectivity index (χ3v) is 5.83. The minimum absolute atomic E-state index is 0.116. The Balaban J connectivity index is 1.30. The summed E-state index contributed by atoms with van der Waals surface area (Å²) in [4.78, 5) is 17.1. The van der Waals surface area contributed by atoms with E-state index in [0.29, 0.717) is 22.3 Å². The molecule has 1 aliphatic rings. The number of amides is 1. The van der Waals surface area contributed by atoms with Crippen molar-refractivity contribution in [3.63, 3.8) is 0 Å². The first-order valence-corrected chi connectivity index (χ1v) is 10.7. The highest BCUT2D eigenvalue weighted by Crippen LogP contribution is 2.40. The molecule has 2 heterocycles. The molecule has 7 nitrogen and oxygen atoms in total. The first kappa shape index (κ1) is 17.3. The van der Waals surface area contributed by atoms with Gasteiger partial charge in [0.1, 0.15) is 16.9 Å². The smallest absolute Gasteiger partial charge is 0.234 e. The van der Waals surface area contributed by atoms with Gasteiger partial charge in [0.25, 0.3) is 0 Å². The molecule has 0 bridgehead atoms. The van der Waals surface area contributed by atoms with Gasteiger partial charge in [0.15, 0.2) is 0 Å². The molecule has 1 fully saturated rings. The SMILES string of the molecule is O=C(CSc1nc(C2CC2)n(-c2ccccc2)n1)Nc1cccc2nsnc12. The molecule has 0 spiro atoms. The molecule has 0 radical (unpaired) electrons. The van der Waals surface area contributed by atoms with Gasteiger partial charge in [0.2, 0.25) is 11.1 Å². The maximum absolute atomic E-state index is 12.4. The zero-order valence-corrected chi connectivity index (χ0v) is 16.4. The summed E-state index contributed by atoms with van der Waals surface area (Å²) in [6, 6.07) is 15.6. The monoisotopic (exact) mass is 408 g/mol. The summed E-state index contributed by atoms with van der Waals surface area (Å²) >= 11 is 2.48. The van der Waals surface area contributed by atoms with E-state index in [0.717, 1.165) is 41.6 Å². The molecule has 0 aliphatic heterocycles. The molecule has 1 saturated carbocycles. The second-order valence-electron chi connectivity index (χ2n) is 6.55. The van der Waals surface area contributed by atoms with Crippen molar-refractivity contribution < 1.29 is 4.79 Å². The lowest BCUT2D eigenvalue weighted by Crippen LogP contribution is -2.14. The van der Waals surface area contributed by atoms with Crippen LogP contribution in [0.3, 0.4) is 0 Å². The molecule has 1 amide bonds. The molecular weight excluding hydrogens is 392 g/mol. The maximum Gasteiger partial charge on any atom is 0.234 e. The van der Waals surface area contributed by atoms with Crippen LogP contribution in [0.2, 0.25) is 0 Å². The minimum Gasteiger partial charge on any atom is -0.323 e. The van der Waals surface area contributed by atoms with E-state index in [9.17, 15) is 4.79 Å². The van der Waals surface area contributed by atoms with Gasteiger partial charge in [-0.05, 0) is 37.1 Å². The number of carbonyl (C=O) groups excluding carboxylic acids is 1. The van der Waals surface area contributed by atoms with Gasteiger partial charge in [-0.25, -0.2) is 9.67 Å². The Morgan fingerprint density at radius 3 is 2.82 bits per heavy atom. The topological polar surface area (TPSA) is 85.6 Å².